The molecule has 5 rings (SSSR count). The van der Waals surface area contributed by atoms with Crippen molar-refractivity contribution in [1.82, 2.24) is 14.8 Å². The molecule has 0 atom stereocenters. The van der Waals surface area contributed by atoms with Crippen LogP contribution in [0, 0.1) is 6.92 Å². The minimum Gasteiger partial charge on any atom is -0.486 e. The van der Waals surface area contributed by atoms with E-state index in [0.29, 0.717) is 24.3 Å². The number of hydrogen-bond donors (Lipinski definition) is 0. The van der Waals surface area contributed by atoms with Crippen LogP contribution in [0.15, 0.2) is 42.6 Å². The van der Waals surface area contributed by atoms with E-state index in [1.54, 1.807) is 6.20 Å². The molecule has 3 aliphatic heterocycles. The largest absolute Gasteiger partial charge is 0.486 e. The summed E-state index contributed by atoms with van der Waals surface area (Å²) in [4.78, 5) is 36.4. The minimum atomic E-state index is -0.423. The minimum absolute atomic E-state index is 0.172. The standard InChI is InChI=1S/C25H30N4O3/c1-19-5-6-22-20(16-19)21(30)17-25(32-22)7-10-27(11-8-25)18-24(31)29-14-12-28(13-15-29)23-4-2-3-9-26-23/h2-6,9,16H,7-8,10-15,17-18H2,1H3. The molecule has 32 heavy (non-hydrogen) atoms. The van der Waals surface area contributed by atoms with Gasteiger partial charge in [0.2, 0.25) is 5.91 Å². The number of ketones is 1. The summed E-state index contributed by atoms with van der Waals surface area (Å²) in [7, 11) is 0. The number of nitrogens with zero attached hydrogens (tertiary/aromatic N) is 4. The second-order valence-corrected chi connectivity index (χ2v) is 9.22. The van der Waals surface area contributed by atoms with Crippen molar-refractivity contribution in [3.8, 4) is 5.75 Å². The monoisotopic (exact) mass is 434 g/mol. The summed E-state index contributed by atoms with van der Waals surface area (Å²) >= 11 is 0. The molecule has 4 heterocycles. The van der Waals surface area contributed by atoms with Crippen LogP contribution >= 0.6 is 0 Å². The fourth-order valence-electron chi connectivity index (χ4n) is 5.02. The summed E-state index contributed by atoms with van der Waals surface area (Å²) in [5.74, 6) is 2.04. The maximum absolute atomic E-state index is 12.9. The van der Waals surface area contributed by atoms with Gasteiger partial charge in [-0.15, -0.1) is 0 Å². The van der Waals surface area contributed by atoms with Gasteiger partial charge >= 0.3 is 0 Å². The lowest BCUT2D eigenvalue weighted by molar-refractivity contribution is -0.133. The van der Waals surface area contributed by atoms with Crippen LogP contribution in [0.5, 0.6) is 5.75 Å². The van der Waals surface area contributed by atoms with Crippen LogP contribution < -0.4 is 9.64 Å². The molecule has 2 fully saturated rings. The topological polar surface area (TPSA) is 66.0 Å². The number of amides is 1. The van der Waals surface area contributed by atoms with Gasteiger partial charge in [-0.05, 0) is 31.2 Å². The Bertz CT molecular complexity index is 994. The Morgan fingerprint density at radius 2 is 1.84 bits per heavy atom. The molecule has 1 aromatic heterocycles. The second kappa shape index (κ2) is 8.54. The predicted octanol–water partition coefficient (Wildman–Crippen LogP) is 2.54. The van der Waals surface area contributed by atoms with E-state index in [2.05, 4.69) is 14.8 Å². The SMILES string of the molecule is Cc1ccc2c(c1)C(=O)CC1(CCN(CC(=O)N3CCN(c4ccccn4)CC3)CC1)O2. The molecule has 7 nitrogen and oxygen atoms in total. The van der Waals surface area contributed by atoms with Crippen molar-refractivity contribution in [3.05, 3.63) is 53.7 Å². The third-order valence-electron chi connectivity index (χ3n) is 6.98. The normalized spacial score (nSPS) is 20.7. The number of piperazine rings is 1. The smallest absolute Gasteiger partial charge is 0.236 e. The number of fused-ring (bicyclic) bond motifs is 1. The van der Waals surface area contributed by atoms with Crippen LogP contribution in [-0.4, -0.2) is 77.9 Å². The summed E-state index contributed by atoms with van der Waals surface area (Å²) < 4.78 is 6.35. The van der Waals surface area contributed by atoms with Crippen LogP contribution in [0.1, 0.15) is 35.2 Å². The van der Waals surface area contributed by atoms with Gasteiger partial charge in [0.15, 0.2) is 5.78 Å². The lowest BCUT2D eigenvalue weighted by Crippen LogP contribution is -2.55. The fourth-order valence-corrected chi connectivity index (χ4v) is 5.02. The van der Waals surface area contributed by atoms with E-state index in [4.69, 9.17) is 4.74 Å². The molecule has 2 aromatic rings. The van der Waals surface area contributed by atoms with Gasteiger partial charge in [0.1, 0.15) is 17.2 Å². The number of rotatable bonds is 3. The number of aromatic nitrogens is 1. The number of benzene rings is 1. The van der Waals surface area contributed by atoms with E-state index >= 15 is 0 Å². The zero-order chi connectivity index (χ0) is 22.1. The zero-order valence-corrected chi connectivity index (χ0v) is 18.6. The summed E-state index contributed by atoms with van der Waals surface area (Å²) in [5, 5.41) is 0. The second-order valence-electron chi connectivity index (χ2n) is 9.22. The Kier molecular flexibility index (Phi) is 5.59. The number of likely N-dealkylation sites (tertiary alicyclic amines) is 1. The number of pyridine rings is 1. The van der Waals surface area contributed by atoms with Gasteiger partial charge in [-0.2, -0.15) is 0 Å². The Morgan fingerprint density at radius 1 is 1.06 bits per heavy atom. The van der Waals surface area contributed by atoms with E-state index in [0.717, 1.165) is 63.5 Å². The molecule has 168 valence electrons. The average molecular weight is 435 g/mol. The van der Waals surface area contributed by atoms with Crippen LogP contribution in [0.25, 0.3) is 0 Å². The van der Waals surface area contributed by atoms with Crippen molar-refractivity contribution < 1.29 is 14.3 Å². The zero-order valence-electron chi connectivity index (χ0n) is 18.6. The quantitative estimate of drug-likeness (QED) is 0.740. The molecular formula is C25H30N4O3. The average Bonchev–Trinajstić information content (AvgIpc) is 2.82. The number of hydrogen-bond acceptors (Lipinski definition) is 6. The number of carbonyl (C=O) groups excluding carboxylic acids is 2. The molecular weight excluding hydrogens is 404 g/mol. The molecule has 1 aromatic carbocycles. The number of ether oxygens (including phenoxy) is 1. The van der Waals surface area contributed by atoms with Crippen LogP contribution in [0.4, 0.5) is 5.82 Å². The number of piperidine rings is 1. The van der Waals surface area contributed by atoms with E-state index in [9.17, 15) is 9.59 Å². The van der Waals surface area contributed by atoms with Crippen LogP contribution in [-0.2, 0) is 4.79 Å². The summed E-state index contributed by atoms with van der Waals surface area (Å²) in [6.45, 7) is 7.03. The van der Waals surface area contributed by atoms with Gasteiger partial charge in [0.05, 0.1) is 18.5 Å². The van der Waals surface area contributed by atoms with Crippen molar-refractivity contribution >= 4 is 17.5 Å². The van der Waals surface area contributed by atoms with Crippen molar-refractivity contribution in [3.63, 3.8) is 0 Å². The Morgan fingerprint density at radius 3 is 2.56 bits per heavy atom. The van der Waals surface area contributed by atoms with Crippen molar-refractivity contribution in [2.45, 2.75) is 31.8 Å². The highest BCUT2D eigenvalue weighted by Gasteiger charge is 2.43. The van der Waals surface area contributed by atoms with Gasteiger partial charge in [-0.25, -0.2) is 4.98 Å². The number of anilines is 1. The van der Waals surface area contributed by atoms with Crippen molar-refractivity contribution in [2.75, 3.05) is 50.7 Å². The Hall–Kier alpha value is -2.93. The highest BCUT2D eigenvalue weighted by atomic mass is 16.5. The van der Waals surface area contributed by atoms with Crippen molar-refractivity contribution in [2.24, 2.45) is 0 Å². The first kappa shape index (κ1) is 20.9. The molecule has 3 aliphatic rings. The molecule has 0 radical (unpaired) electrons. The van der Waals surface area contributed by atoms with Crippen LogP contribution in [0.2, 0.25) is 0 Å². The molecule has 2 saturated heterocycles. The summed E-state index contributed by atoms with van der Waals surface area (Å²) in [6.07, 6.45) is 3.78. The first-order valence-corrected chi connectivity index (χ1v) is 11.5. The van der Waals surface area contributed by atoms with E-state index in [-0.39, 0.29) is 11.7 Å². The van der Waals surface area contributed by atoms with E-state index in [1.807, 2.05) is 48.2 Å². The molecule has 0 N–H and O–H groups in total. The highest BCUT2D eigenvalue weighted by Crippen LogP contribution is 2.39. The highest BCUT2D eigenvalue weighted by molar-refractivity contribution is 6.00. The number of Topliss-reactive ketones (excluding diaryl/α,β-unsaturated/α-hetero) is 1. The molecule has 1 amide bonds. The van der Waals surface area contributed by atoms with Crippen molar-refractivity contribution in [1.29, 1.82) is 0 Å². The van der Waals surface area contributed by atoms with Gasteiger partial charge < -0.3 is 14.5 Å². The molecule has 0 unspecified atom stereocenters. The van der Waals surface area contributed by atoms with Gasteiger partial charge in [0.25, 0.3) is 0 Å². The lowest BCUT2D eigenvalue weighted by atomic mass is 9.82. The molecule has 7 heteroatoms. The van der Waals surface area contributed by atoms with Crippen LogP contribution in [0.3, 0.4) is 0 Å². The maximum Gasteiger partial charge on any atom is 0.236 e. The van der Waals surface area contributed by atoms with E-state index in [1.165, 1.54) is 0 Å². The molecule has 0 aliphatic carbocycles. The first-order valence-electron chi connectivity index (χ1n) is 11.5. The Balaban J connectivity index is 1.13. The maximum atomic E-state index is 12.9. The first-order chi connectivity index (χ1) is 15.5. The number of carbonyl (C=O) groups is 2. The third-order valence-corrected chi connectivity index (χ3v) is 6.98. The predicted molar refractivity (Wildman–Crippen MR) is 122 cm³/mol. The van der Waals surface area contributed by atoms with Gasteiger partial charge in [0, 0.05) is 58.3 Å². The molecule has 0 bridgehead atoms. The summed E-state index contributed by atoms with van der Waals surface area (Å²) in [6, 6.07) is 11.8. The lowest BCUT2D eigenvalue weighted by Gasteiger charge is -2.44. The molecule has 1 spiro atoms. The summed E-state index contributed by atoms with van der Waals surface area (Å²) in [5.41, 5.74) is 1.36. The van der Waals surface area contributed by atoms with Gasteiger partial charge in [-0.3, -0.25) is 14.5 Å². The van der Waals surface area contributed by atoms with E-state index < -0.39 is 5.60 Å². The Labute approximate surface area is 189 Å². The number of aryl methyl sites for hydroxylation is 1. The fraction of sp³-hybridized carbons (Fsp3) is 0.480. The van der Waals surface area contributed by atoms with Gasteiger partial charge in [-0.1, -0.05) is 17.7 Å². The third kappa shape index (κ3) is 4.21. The molecule has 0 saturated carbocycles.